The fourth-order valence-corrected chi connectivity index (χ4v) is 3.94. The van der Waals surface area contributed by atoms with Crippen LogP contribution in [0.3, 0.4) is 0 Å². The van der Waals surface area contributed by atoms with Crippen molar-refractivity contribution in [3.05, 3.63) is 77.4 Å². The van der Waals surface area contributed by atoms with Crippen molar-refractivity contribution in [2.45, 2.75) is 52.4 Å². The van der Waals surface area contributed by atoms with Crippen LogP contribution in [0.15, 0.2) is 60.7 Å². The van der Waals surface area contributed by atoms with Gasteiger partial charge in [-0.2, -0.15) is 0 Å². The number of alkyl halides is 2. The Labute approximate surface area is 201 Å². The summed E-state index contributed by atoms with van der Waals surface area (Å²) >= 11 is 9.53. The molecule has 0 saturated heterocycles. The highest BCUT2D eigenvalue weighted by atomic mass is 35.5. The van der Waals surface area contributed by atoms with E-state index in [1.165, 1.54) is 32.9 Å². The zero-order valence-electron chi connectivity index (χ0n) is 19.7. The largest absolute Gasteiger partial charge is 0.309 e. The predicted octanol–water partition coefficient (Wildman–Crippen LogP) is 8.61. The monoisotopic (exact) mass is 467 g/mol. The normalized spacial score (nSPS) is 12.0. The van der Waals surface area contributed by atoms with E-state index in [-0.39, 0.29) is 16.2 Å². The van der Waals surface area contributed by atoms with E-state index in [0.717, 1.165) is 12.0 Å². The van der Waals surface area contributed by atoms with Gasteiger partial charge < -0.3 is 4.57 Å². The first kappa shape index (κ1) is 24.4. The van der Waals surface area contributed by atoms with E-state index in [1.54, 1.807) is 0 Å². The van der Waals surface area contributed by atoms with Crippen molar-refractivity contribution >= 4 is 51.3 Å². The van der Waals surface area contributed by atoms with Crippen LogP contribution in [0.1, 0.15) is 63.0 Å². The van der Waals surface area contributed by atoms with Gasteiger partial charge in [0.2, 0.25) is 0 Å². The van der Waals surface area contributed by atoms with Gasteiger partial charge in [-0.25, -0.2) is 0 Å². The number of nitrogens with zero attached hydrogens (tertiary/aromatic N) is 1. The van der Waals surface area contributed by atoms with E-state index in [1.807, 2.05) is 24.3 Å². The Hall–Kier alpha value is -2.29. The number of carbonyl (C=O) groups excluding carboxylic acids is 1. The topological polar surface area (TPSA) is 22.0 Å². The molecule has 4 aromatic rings. The molecule has 2 nitrogen and oxygen atoms in total. The highest BCUT2D eigenvalue weighted by Gasteiger charge is 2.20. The first-order chi connectivity index (χ1) is 15.0. The summed E-state index contributed by atoms with van der Waals surface area (Å²) in [5.41, 5.74) is 7.01. The molecule has 32 heavy (non-hydrogen) atoms. The number of aromatic nitrogens is 1. The fourth-order valence-electron chi connectivity index (χ4n) is 3.94. The van der Waals surface area contributed by atoms with Crippen LogP contribution in [-0.2, 0) is 10.8 Å². The second-order valence-electron chi connectivity index (χ2n) is 10.1. The summed E-state index contributed by atoms with van der Waals surface area (Å²) in [7, 11) is 0. The van der Waals surface area contributed by atoms with E-state index in [0.29, 0.717) is 5.56 Å². The number of rotatable bonds is 2. The molecular formula is C28H31Cl2NO. The molecule has 0 radical (unpaired) electrons. The smallest absolute Gasteiger partial charge is 0.150 e. The second-order valence-corrected chi connectivity index (χ2v) is 10.9. The van der Waals surface area contributed by atoms with Gasteiger partial charge in [-0.05, 0) is 70.5 Å². The first-order valence-corrected chi connectivity index (χ1v) is 11.8. The number of fused-ring (bicyclic) bond motifs is 3. The van der Waals surface area contributed by atoms with Crippen LogP contribution < -0.4 is 0 Å². The van der Waals surface area contributed by atoms with Gasteiger partial charge in [0.15, 0.2) is 0 Å². The Kier molecular flexibility index (Phi) is 7.07. The molecule has 168 valence electrons. The van der Waals surface area contributed by atoms with Crippen LogP contribution in [0.25, 0.3) is 27.5 Å². The quantitative estimate of drug-likeness (QED) is 0.213. The van der Waals surface area contributed by atoms with Crippen LogP contribution >= 0.6 is 23.2 Å². The van der Waals surface area contributed by atoms with E-state index >= 15 is 0 Å². The molecule has 0 aliphatic rings. The summed E-state index contributed by atoms with van der Waals surface area (Å²) in [5.74, 6) is 0. The Morgan fingerprint density at radius 3 is 1.47 bits per heavy atom. The summed E-state index contributed by atoms with van der Waals surface area (Å²) in [6, 6.07) is 21.5. The molecule has 0 fully saturated rings. The third-order valence-electron chi connectivity index (χ3n) is 5.78. The average molecular weight is 468 g/mol. The molecule has 0 atom stereocenters. The highest BCUT2D eigenvalue weighted by Crippen LogP contribution is 2.37. The predicted molar refractivity (Wildman–Crippen MR) is 140 cm³/mol. The van der Waals surface area contributed by atoms with Crippen LogP contribution in [0.2, 0.25) is 0 Å². The van der Waals surface area contributed by atoms with Gasteiger partial charge in [-0.15, -0.1) is 23.2 Å². The maximum atomic E-state index is 11.1. The lowest BCUT2D eigenvalue weighted by molar-refractivity contribution is 0.112. The van der Waals surface area contributed by atoms with E-state index in [9.17, 15) is 4.79 Å². The summed E-state index contributed by atoms with van der Waals surface area (Å²) in [6.07, 6.45) is 0.890. The van der Waals surface area contributed by atoms with Gasteiger partial charge in [0.25, 0.3) is 0 Å². The highest BCUT2D eigenvalue weighted by molar-refractivity contribution is 6.40. The van der Waals surface area contributed by atoms with E-state index in [4.69, 9.17) is 23.2 Å². The van der Waals surface area contributed by atoms with Crippen molar-refractivity contribution in [2.75, 3.05) is 5.34 Å². The third kappa shape index (κ3) is 4.87. The molecule has 0 saturated carbocycles. The summed E-state index contributed by atoms with van der Waals surface area (Å²) < 4.78 is 2.30. The van der Waals surface area contributed by atoms with Crippen molar-refractivity contribution in [3.63, 3.8) is 0 Å². The summed E-state index contributed by atoms with van der Waals surface area (Å²) in [4.78, 5) is 11.1. The number of carbonyl (C=O) groups is 1. The second kappa shape index (κ2) is 9.29. The Bertz CT molecular complexity index is 1170. The van der Waals surface area contributed by atoms with Crippen molar-refractivity contribution < 1.29 is 4.79 Å². The lowest BCUT2D eigenvalue weighted by Crippen LogP contribution is -2.10. The van der Waals surface area contributed by atoms with Crippen molar-refractivity contribution in [1.29, 1.82) is 0 Å². The zero-order chi connectivity index (χ0) is 23.7. The molecule has 1 aromatic heterocycles. The minimum Gasteiger partial charge on any atom is -0.309 e. The van der Waals surface area contributed by atoms with Crippen LogP contribution in [0, 0.1) is 0 Å². The van der Waals surface area contributed by atoms with Crippen molar-refractivity contribution in [2.24, 2.45) is 0 Å². The van der Waals surface area contributed by atoms with Gasteiger partial charge in [-0.1, -0.05) is 53.7 Å². The number of hydrogen-bond donors (Lipinski definition) is 0. The Balaban J connectivity index is 0.000000913. The molecule has 1 heterocycles. The molecule has 4 rings (SSSR count). The van der Waals surface area contributed by atoms with Gasteiger partial charge in [0.1, 0.15) is 6.29 Å². The van der Waals surface area contributed by atoms with E-state index < -0.39 is 0 Å². The molecule has 3 aromatic carbocycles. The SMILES string of the molecule is CC(C)(C)c1ccc2c(c1)c1cc(C(C)(C)C)ccc1n2-c1ccc(C=O)cc1.ClCCl. The number of hydrogen-bond acceptors (Lipinski definition) is 1. The van der Waals surface area contributed by atoms with Crippen molar-refractivity contribution in [3.8, 4) is 5.69 Å². The molecule has 0 unspecified atom stereocenters. The lowest BCUT2D eigenvalue weighted by Gasteiger charge is -2.19. The van der Waals surface area contributed by atoms with Crippen LogP contribution in [0.4, 0.5) is 0 Å². The number of benzene rings is 3. The van der Waals surface area contributed by atoms with Crippen LogP contribution in [0.5, 0.6) is 0 Å². The molecule has 0 amide bonds. The molecule has 0 bridgehead atoms. The Morgan fingerprint density at radius 2 is 1.12 bits per heavy atom. The van der Waals surface area contributed by atoms with Gasteiger partial charge in [-0.3, -0.25) is 4.79 Å². The minimum absolute atomic E-state index is 0.0931. The molecular weight excluding hydrogens is 437 g/mol. The third-order valence-corrected chi connectivity index (χ3v) is 5.78. The average Bonchev–Trinajstić information content (AvgIpc) is 3.06. The van der Waals surface area contributed by atoms with Gasteiger partial charge in [0, 0.05) is 22.0 Å². The van der Waals surface area contributed by atoms with Gasteiger partial charge >= 0.3 is 0 Å². The number of aldehydes is 1. The minimum atomic E-state index is 0.0931. The molecule has 0 aliphatic heterocycles. The maximum Gasteiger partial charge on any atom is 0.150 e. The standard InChI is InChI=1S/C27H29NO.CH2Cl2/c1-26(2,3)19-9-13-24-22(15-19)23-16-20(27(4,5)6)10-14-25(23)28(24)21-11-7-18(17-29)8-12-21;2-1-3/h7-17H,1-6H3;1H2. The number of halogens is 2. The summed E-state index contributed by atoms with van der Waals surface area (Å²) in [6.45, 7) is 13.5. The maximum absolute atomic E-state index is 11.1. The Morgan fingerprint density at radius 1 is 0.719 bits per heavy atom. The molecule has 0 spiro atoms. The molecule has 0 aliphatic carbocycles. The van der Waals surface area contributed by atoms with Crippen LogP contribution in [-0.4, -0.2) is 16.2 Å². The zero-order valence-corrected chi connectivity index (χ0v) is 21.2. The van der Waals surface area contributed by atoms with Crippen molar-refractivity contribution in [1.82, 2.24) is 4.57 Å². The lowest BCUT2D eigenvalue weighted by atomic mass is 9.85. The van der Waals surface area contributed by atoms with E-state index in [2.05, 4.69) is 82.5 Å². The molecule has 0 N–H and O–H groups in total. The molecule has 4 heteroatoms. The fraction of sp³-hybridized carbons (Fsp3) is 0.321. The first-order valence-electron chi connectivity index (χ1n) is 10.8. The summed E-state index contributed by atoms with van der Waals surface area (Å²) in [5, 5.41) is 2.75. The van der Waals surface area contributed by atoms with Gasteiger partial charge in [0.05, 0.1) is 16.4 Å².